The van der Waals surface area contributed by atoms with Gasteiger partial charge in [0.2, 0.25) is 5.75 Å². The highest BCUT2D eigenvalue weighted by Crippen LogP contribution is 2.47. The Morgan fingerprint density at radius 2 is 1.47 bits per heavy atom. The lowest BCUT2D eigenvalue weighted by Gasteiger charge is -2.27. The van der Waals surface area contributed by atoms with E-state index in [4.69, 9.17) is 40.0 Å². The summed E-state index contributed by atoms with van der Waals surface area (Å²) in [7, 11) is 7.22. The van der Waals surface area contributed by atoms with Gasteiger partial charge in [0, 0.05) is 12.6 Å². The fraction of sp³-hybridized carbons (Fsp3) is 0.407. The number of rotatable bonds is 11. The van der Waals surface area contributed by atoms with Crippen LogP contribution in [-0.2, 0) is 14.3 Å². The lowest BCUT2D eigenvalue weighted by molar-refractivity contribution is -0.140. The molecule has 3 rings (SSSR count). The second-order valence-corrected chi connectivity index (χ2v) is 8.96. The van der Waals surface area contributed by atoms with Crippen LogP contribution in [-0.4, -0.2) is 76.5 Å². The molecule has 0 aliphatic carbocycles. The molecule has 0 bridgehead atoms. The van der Waals surface area contributed by atoms with E-state index in [0.29, 0.717) is 28.6 Å². The number of carbonyl (C=O) groups excluding carboxylic acids is 2. The number of likely N-dealkylation sites (tertiary alicyclic amines) is 1. The second kappa shape index (κ2) is 12.3. The van der Waals surface area contributed by atoms with Gasteiger partial charge in [0.15, 0.2) is 11.5 Å². The quantitative estimate of drug-likeness (QED) is 0.250. The van der Waals surface area contributed by atoms with Gasteiger partial charge < -0.3 is 38.4 Å². The number of nitrogens with zero attached hydrogens (tertiary/aromatic N) is 1. The Labute approximate surface area is 226 Å². The summed E-state index contributed by atoms with van der Waals surface area (Å²) in [4.78, 5) is 28.0. The van der Waals surface area contributed by atoms with Crippen molar-refractivity contribution in [3.8, 4) is 28.7 Å². The molecule has 10 nitrogen and oxygen atoms in total. The number of aliphatic hydroxyl groups excluding tert-OH is 1. The zero-order chi connectivity index (χ0) is 28.1. The number of hydrogen-bond donors (Lipinski definition) is 1. The molecular formula is C27H32ClNO9. The van der Waals surface area contributed by atoms with Crippen LogP contribution >= 0.6 is 11.6 Å². The summed E-state index contributed by atoms with van der Waals surface area (Å²) in [6.45, 7) is 3.99. The molecule has 1 atom stereocenters. The van der Waals surface area contributed by atoms with Crippen molar-refractivity contribution in [2.75, 3.05) is 48.7 Å². The van der Waals surface area contributed by atoms with Gasteiger partial charge in [-0.1, -0.05) is 11.6 Å². The minimum Gasteiger partial charge on any atom is -0.507 e. The number of amides is 1. The molecule has 2 aromatic carbocycles. The van der Waals surface area contributed by atoms with Crippen LogP contribution in [0.15, 0.2) is 29.8 Å². The van der Waals surface area contributed by atoms with Gasteiger partial charge in [-0.25, -0.2) is 0 Å². The van der Waals surface area contributed by atoms with E-state index in [-0.39, 0.29) is 41.2 Å². The third-order valence-corrected chi connectivity index (χ3v) is 6.35. The molecule has 2 aromatic rings. The van der Waals surface area contributed by atoms with E-state index in [1.165, 1.54) is 52.6 Å². The molecular weight excluding hydrogens is 518 g/mol. The van der Waals surface area contributed by atoms with Gasteiger partial charge in [0.25, 0.3) is 11.7 Å². The SMILES string of the molecule is COc1cc(OC)c(/C(O)=C2\C(=O)C(=O)N(CCOC(C)C)C2c2cc(OC)c(OC)c(OC)c2)cc1Cl. The second-order valence-electron chi connectivity index (χ2n) is 8.56. The summed E-state index contributed by atoms with van der Waals surface area (Å²) in [5.41, 5.74) is 0.406. The first-order chi connectivity index (χ1) is 18.1. The molecule has 38 heavy (non-hydrogen) atoms. The Balaban J connectivity index is 2.29. The van der Waals surface area contributed by atoms with Crippen LogP contribution in [0, 0.1) is 0 Å². The zero-order valence-corrected chi connectivity index (χ0v) is 23.2. The van der Waals surface area contributed by atoms with Gasteiger partial charge in [0.1, 0.15) is 17.3 Å². The van der Waals surface area contributed by atoms with Crippen LogP contribution in [0.3, 0.4) is 0 Å². The fourth-order valence-corrected chi connectivity index (χ4v) is 4.53. The predicted octanol–water partition coefficient (Wildman–Crippen LogP) is 4.23. The Hall–Kier alpha value is -3.63. The van der Waals surface area contributed by atoms with Crippen molar-refractivity contribution in [1.82, 2.24) is 4.90 Å². The first-order valence-corrected chi connectivity index (χ1v) is 12.1. The van der Waals surface area contributed by atoms with Gasteiger partial charge >= 0.3 is 0 Å². The maximum atomic E-state index is 13.4. The van der Waals surface area contributed by atoms with Crippen LogP contribution in [0.4, 0.5) is 0 Å². The molecule has 1 heterocycles. The number of halogens is 1. The average molecular weight is 550 g/mol. The predicted molar refractivity (Wildman–Crippen MR) is 141 cm³/mol. The Morgan fingerprint density at radius 1 is 0.895 bits per heavy atom. The van der Waals surface area contributed by atoms with E-state index in [1.807, 2.05) is 13.8 Å². The largest absolute Gasteiger partial charge is 0.507 e. The average Bonchev–Trinajstić information content (AvgIpc) is 3.16. The Kier molecular flexibility index (Phi) is 9.35. The highest BCUT2D eigenvalue weighted by atomic mass is 35.5. The number of ether oxygens (including phenoxy) is 6. The van der Waals surface area contributed by atoms with Crippen LogP contribution in [0.25, 0.3) is 5.76 Å². The van der Waals surface area contributed by atoms with Crippen molar-refractivity contribution in [3.63, 3.8) is 0 Å². The summed E-state index contributed by atoms with van der Waals surface area (Å²) in [5, 5.41) is 11.7. The first kappa shape index (κ1) is 28.9. The number of aliphatic hydroxyl groups is 1. The van der Waals surface area contributed by atoms with E-state index >= 15 is 0 Å². The van der Waals surface area contributed by atoms with Crippen LogP contribution in [0.5, 0.6) is 28.7 Å². The van der Waals surface area contributed by atoms with Crippen molar-refractivity contribution < 1.29 is 43.1 Å². The number of ketones is 1. The van der Waals surface area contributed by atoms with Crippen LogP contribution < -0.4 is 23.7 Å². The lowest BCUT2D eigenvalue weighted by atomic mass is 9.94. The molecule has 1 saturated heterocycles. The lowest BCUT2D eigenvalue weighted by Crippen LogP contribution is -2.33. The minimum absolute atomic E-state index is 0.0847. The number of benzene rings is 2. The maximum Gasteiger partial charge on any atom is 0.295 e. The molecule has 1 amide bonds. The van der Waals surface area contributed by atoms with E-state index < -0.39 is 23.5 Å². The monoisotopic (exact) mass is 549 g/mol. The molecule has 0 aromatic heterocycles. The molecule has 0 saturated carbocycles. The molecule has 206 valence electrons. The van der Waals surface area contributed by atoms with Gasteiger partial charge in [-0.05, 0) is 37.6 Å². The molecule has 1 fully saturated rings. The van der Waals surface area contributed by atoms with E-state index in [0.717, 1.165) is 0 Å². The minimum atomic E-state index is -1.01. The highest BCUT2D eigenvalue weighted by molar-refractivity contribution is 6.46. The highest BCUT2D eigenvalue weighted by Gasteiger charge is 2.47. The fourth-order valence-electron chi connectivity index (χ4n) is 4.29. The van der Waals surface area contributed by atoms with Gasteiger partial charge in [-0.2, -0.15) is 0 Å². The normalized spacial score (nSPS) is 16.7. The number of carbonyl (C=O) groups is 2. The topological polar surface area (TPSA) is 113 Å². The number of Topliss-reactive ketones (excluding diaryl/α,β-unsaturated/α-hetero) is 1. The molecule has 1 N–H and O–H groups in total. The summed E-state index contributed by atoms with van der Waals surface area (Å²) in [6, 6.07) is 5.14. The van der Waals surface area contributed by atoms with Gasteiger partial charge in [0.05, 0.1) is 70.5 Å². The Bertz CT molecular complexity index is 1220. The van der Waals surface area contributed by atoms with Crippen LogP contribution in [0.2, 0.25) is 5.02 Å². The Morgan fingerprint density at radius 3 is 1.97 bits per heavy atom. The summed E-state index contributed by atoms with van der Waals surface area (Å²) < 4.78 is 32.7. The first-order valence-electron chi connectivity index (χ1n) is 11.7. The molecule has 1 unspecified atom stereocenters. The standard InChI is InChI=1S/C27H32ClNO9/c1-14(2)38-9-8-29-23(15-10-20(35-5)26(37-7)21(11-15)36-6)22(25(31)27(29)32)24(30)16-12-17(28)19(34-4)13-18(16)33-3/h10-14,23,30H,8-9H2,1-7H3/b24-22+. The molecule has 1 aliphatic rings. The molecule has 0 spiro atoms. The van der Waals surface area contributed by atoms with Crippen molar-refractivity contribution in [3.05, 3.63) is 46.0 Å². The third kappa shape index (κ3) is 5.46. The van der Waals surface area contributed by atoms with Crippen molar-refractivity contribution >= 4 is 29.1 Å². The van der Waals surface area contributed by atoms with Crippen molar-refractivity contribution in [1.29, 1.82) is 0 Å². The molecule has 0 radical (unpaired) electrons. The molecule has 11 heteroatoms. The van der Waals surface area contributed by atoms with Crippen molar-refractivity contribution in [2.24, 2.45) is 0 Å². The van der Waals surface area contributed by atoms with E-state index in [1.54, 1.807) is 12.1 Å². The van der Waals surface area contributed by atoms with E-state index in [2.05, 4.69) is 0 Å². The maximum absolute atomic E-state index is 13.4. The number of methoxy groups -OCH3 is 5. The third-order valence-electron chi connectivity index (χ3n) is 6.06. The van der Waals surface area contributed by atoms with E-state index in [9.17, 15) is 14.7 Å². The zero-order valence-electron chi connectivity index (χ0n) is 22.4. The van der Waals surface area contributed by atoms with Gasteiger partial charge in [-0.15, -0.1) is 0 Å². The smallest absolute Gasteiger partial charge is 0.295 e. The van der Waals surface area contributed by atoms with Crippen molar-refractivity contribution in [2.45, 2.75) is 26.0 Å². The summed E-state index contributed by atoms with van der Waals surface area (Å²) >= 11 is 6.33. The van der Waals surface area contributed by atoms with Gasteiger partial charge in [-0.3, -0.25) is 9.59 Å². The number of hydrogen-bond acceptors (Lipinski definition) is 9. The molecule has 1 aliphatic heterocycles. The summed E-state index contributed by atoms with van der Waals surface area (Å²) in [5.74, 6) is -0.657. The summed E-state index contributed by atoms with van der Waals surface area (Å²) in [6.07, 6.45) is -0.0860. The van der Waals surface area contributed by atoms with Crippen LogP contribution in [0.1, 0.15) is 31.0 Å².